The molecular formula is C13H12ClFN2. The smallest absolute Gasteiger partial charge is 0.125 e. The maximum atomic E-state index is 13.0. The highest BCUT2D eigenvalue weighted by atomic mass is 35.5. The van der Waals surface area contributed by atoms with Gasteiger partial charge in [-0.05, 0) is 36.2 Å². The Labute approximate surface area is 104 Å². The van der Waals surface area contributed by atoms with Crippen LogP contribution < -0.4 is 5.32 Å². The van der Waals surface area contributed by atoms with Crippen LogP contribution in [0.15, 0.2) is 42.7 Å². The summed E-state index contributed by atoms with van der Waals surface area (Å²) >= 11 is 5.94. The molecule has 0 radical (unpaired) electrons. The van der Waals surface area contributed by atoms with Gasteiger partial charge in [0.15, 0.2) is 0 Å². The normalized spacial score (nSPS) is 10.2. The van der Waals surface area contributed by atoms with E-state index in [4.69, 9.17) is 11.6 Å². The molecule has 4 heteroatoms. The fraction of sp³-hybridized carbons (Fsp3) is 0.154. The van der Waals surface area contributed by atoms with Gasteiger partial charge in [0.1, 0.15) is 5.82 Å². The molecule has 1 aromatic carbocycles. The summed E-state index contributed by atoms with van der Waals surface area (Å²) in [6.45, 7) is 0.689. The predicted octanol–water partition coefficient (Wildman–Crippen LogP) is 3.53. The molecule has 0 amide bonds. The van der Waals surface area contributed by atoms with Crippen molar-refractivity contribution >= 4 is 17.3 Å². The molecule has 0 saturated heterocycles. The van der Waals surface area contributed by atoms with Crippen LogP contribution in [0.4, 0.5) is 10.1 Å². The second-order valence-corrected chi connectivity index (χ2v) is 4.07. The van der Waals surface area contributed by atoms with Gasteiger partial charge in [-0.1, -0.05) is 17.7 Å². The number of rotatable bonds is 4. The second-order valence-electron chi connectivity index (χ2n) is 3.66. The number of aromatic nitrogens is 1. The van der Waals surface area contributed by atoms with E-state index in [-0.39, 0.29) is 5.82 Å². The Bertz CT molecular complexity index is 488. The van der Waals surface area contributed by atoms with E-state index in [1.165, 1.54) is 12.1 Å². The molecule has 0 bridgehead atoms. The lowest BCUT2D eigenvalue weighted by molar-refractivity contribution is 0.628. The van der Waals surface area contributed by atoms with Crippen molar-refractivity contribution in [2.75, 3.05) is 11.9 Å². The van der Waals surface area contributed by atoms with Crippen molar-refractivity contribution in [2.45, 2.75) is 6.42 Å². The Kier molecular flexibility index (Phi) is 3.94. The first-order valence-corrected chi connectivity index (χ1v) is 5.71. The van der Waals surface area contributed by atoms with Crippen LogP contribution in [-0.4, -0.2) is 11.5 Å². The van der Waals surface area contributed by atoms with Crippen molar-refractivity contribution in [3.8, 4) is 0 Å². The summed E-state index contributed by atoms with van der Waals surface area (Å²) in [4.78, 5) is 4.03. The van der Waals surface area contributed by atoms with Gasteiger partial charge in [-0.15, -0.1) is 0 Å². The maximum Gasteiger partial charge on any atom is 0.125 e. The molecule has 0 fully saturated rings. The first kappa shape index (κ1) is 11.9. The van der Waals surface area contributed by atoms with Crippen LogP contribution in [0.25, 0.3) is 0 Å². The second kappa shape index (κ2) is 5.64. The van der Waals surface area contributed by atoms with Gasteiger partial charge in [-0.2, -0.15) is 0 Å². The fourth-order valence-electron chi connectivity index (χ4n) is 1.52. The van der Waals surface area contributed by atoms with E-state index in [9.17, 15) is 4.39 Å². The highest BCUT2D eigenvalue weighted by Crippen LogP contribution is 2.22. The largest absolute Gasteiger partial charge is 0.383 e. The SMILES string of the molecule is Fc1ccc(Cl)c(NCCc2cccnc2)c1. The monoisotopic (exact) mass is 250 g/mol. The highest BCUT2D eigenvalue weighted by molar-refractivity contribution is 6.33. The molecule has 0 atom stereocenters. The van der Waals surface area contributed by atoms with E-state index in [2.05, 4.69) is 10.3 Å². The molecule has 0 unspecified atom stereocenters. The van der Waals surface area contributed by atoms with Crippen LogP contribution in [0.3, 0.4) is 0 Å². The van der Waals surface area contributed by atoms with Crippen LogP contribution in [-0.2, 0) is 6.42 Å². The minimum Gasteiger partial charge on any atom is -0.383 e. The van der Waals surface area contributed by atoms with E-state index in [0.29, 0.717) is 17.3 Å². The Hall–Kier alpha value is -1.61. The molecule has 2 rings (SSSR count). The number of nitrogens with zero attached hydrogens (tertiary/aromatic N) is 1. The third-order valence-electron chi connectivity index (χ3n) is 2.38. The van der Waals surface area contributed by atoms with Crippen molar-refractivity contribution in [1.29, 1.82) is 0 Å². The Morgan fingerprint density at radius 3 is 2.94 bits per heavy atom. The lowest BCUT2D eigenvalue weighted by Crippen LogP contribution is -2.05. The van der Waals surface area contributed by atoms with Gasteiger partial charge < -0.3 is 5.32 Å². The summed E-state index contributed by atoms with van der Waals surface area (Å²) < 4.78 is 13.0. The van der Waals surface area contributed by atoms with Crippen molar-refractivity contribution in [3.05, 3.63) is 59.1 Å². The molecule has 17 heavy (non-hydrogen) atoms. The van der Waals surface area contributed by atoms with Crippen molar-refractivity contribution in [2.24, 2.45) is 0 Å². The summed E-state index contributed by atoms with van der Waals surface area (Å²) in [7, 11) is 0. The van der Waals surface area contributed by atoms with Gasteiger partial charge in [0.2, 0.25) is 0 Å². The summed E-state index contributed by atoms with van der Waals surface area (Å²) in [6.07, 6.45) is 4.37. The van der Waals surface area contributed by atoms with Gasteiger partial charge in [0, 0.05) is 18.9 Å². The van der Waals surface area contributed by atoms with Gasteiger partial charge >= 0.3 is 0 Å². The Morgan fingerprint density at radius 2 is 2.18 bits per heavy atom. The van der Waals surface area contributed by atoms with Crippen molar-refractivity contribution in [3.63, 3.8) is 0 Å². The minimum absolute atomic E-state index is 0.293. The Balaban J connectivity index is 1.92. The van der Waals surface area contributed by atoms with E-state index in [0.717, 1.165) is 12.0 Å². The van der Waals surface area contributed by atoms with Gasteiger partial charge in [-0.25, -0.2) is 4.39 Å². The zero-order valence-corrected chi connectivity index (χ0v) is 9.91. The minimum atomic E-state index is -0.293. The van der Waals surface area contributed by atoms with E-state index < -0.39 is 0 Å². The summed E-state index contributed by atoms with van der Waals surface area (Å²) in [6, 6.07) is 8.18. The molecule has 0 saturated carbocycles. The number of pyridine rings is 1. The lowest BCUT2D eigenvalue weighted by Gasteiger charge is -2.08. The van der Waals surface area contributed by atoms with Crippen LogP contribution in [0.1, 0.15) is 5.56 Å². The van der Waals surface area contributed by atoms with Crippen molar-refractivity contribution < 1.29 is 4.39 Å². The number of nitrogens with one attached hydrogen (secondary N) is 1. The van der Waals surface area contributed by atoms with Crippen LogP contribution in [0.5, 0.6) is 0 Å². The molecular weight excluding hydrogens is 239 g/mol. The molecule has 1 N–H and O–H groups in total. The molecule has 2 nitrogen and oxygen atoms in total. The summed E-state index contributed by atoms with van der Waals surface area (Å²) in [5.41, 5.74) is 1.75. The molecule has 0 aliphatic rings. The topological polar surface area (TPSA) is 24.9 Å². The fourth-order valence-corrected chi connectivity index (χ4v) is 1.70. The Morgan fingerprint density at radius 1 is 1.29 bits per heavy atom. The number of halogens is 2. The third kappa shape index (κ3) is 3.43. The van der Waals surface area contributed by atoms with E-state index in [1.54, 1.807) is 12.3 Å². The first-order valence-electron chi connectivity index (χ1n) is 5.33. The number of anilines is 1. The zero-order chi connectivity index (χ0) is 12.1. The quantitative estimate of drug-likeness (QED) is 0.898. The molecule has 0 aliphatic carbocycles. The van der Waals surface area contributed by atoms with Crippen LogP contribution >= 0.6 is 11.6 Å². The highest BCUT2D eigenvalue weighted by Gasteiger charge is 2.01. The summed E-state index contributed by atoms with van der Waals surface area (Å²) in [5, 5.41) is 3.63. The standard InChI is InChI=1S/C13H12ClFN2/c14-12-4-3-11(15)8-13(12)17-7-5-10-2-1-6-16-9-10/h1-4,6,8-9,17H,5,7H2. The number of benzene rings is 1. The average molecular weight is 251 g/mol. The number of hydrogen-bond acceptors (Lipinski definition) is 2. The average Bonchev–Trinajstić information content (AvgIpc) is 2.35. The van der Waals surface area contributed by atoms with E-state index in [1.807, 2.05) is 18.3 Å². The lowest BCUT2D eigenvalue weighted by atomic mass is 10.2. The molecule has 0 spiro atoms. The molecule has 1 aromatic heterocycles. The first-order chi connectivity index (χ1) is 8.25. The van der Waals surface area contributed by atoms with Gasteiger partial charge in [-0.3, -0.25) is 4.98 Å². The maximum absolute atomic E-state index is 13.0. The van der Waals surface area contributed by atoms with Crippen LogP contribution in [0, 0.1) is 5.82 Å². The van der Waals surface area contributed by atoms with Gasteiger partial charge in [0.25, 0.3) is 0 Å². The van der Waals surface area contributed by atoms with E-state index >= 15 is 0 Å². The molecule has 1 heterocycles. The third-order valence-corrected chi connectivity index (χ3v) is 2.71. The number of hydrogen-bond donors (Lipinski definition) is 1. The van der Waals surface area contributed by atoms with Crippen LogP contribution in [0.2, 0.25) is 5.02 Å². The molecule has 88 valence electrons. The molecule has 0 aliphatic heterocycles. The zero-order valence-electron chi connectivity index (χ0n) is 9.16. The van der Waals surface area contributed by atoms with Gasteiger partial charge in [0.05, 0.1) is 10.7 Å². The summed E-state index contributed by atoms with van der Waals surface area (Å²) in [5.74, 6) is -0.293. The molecule has 2 aromatic rings. The van der Waals surface area contributed by atoms with Crippen molar-refractivity contribution in [1.82, 2.24) is 4.98 Å². The predicted molar refractivity (Wildman–Crippen MR) is 67.8 cm³/mol.